The van der Waals surface area contributed by atoms with Gasteiger partial charge in [0.15, 0.2) is 0 Å². The summed E-state index contributed by atoms with van der Waals surface area (Å²) in [6.07, 6.45) is 11.3. The molecule has 0 radical (unpaired) electrons. The summed E-state index contributed by atoms with van der Waals surface area (Å²) < 4.78 is 0. The zero-order chi connectivity index (χ0) is 11.4. The molecule has 0 amide bonds. The molecule has 0 unspecified atom stereocenters. The van der Waals surface area contributed by atoms with Crippen molar-refractivity contribution in [3.05, 3.63) is 64.8 Å². The van der Waals surface area contributed by atoms with Crippen LogP contribution in [0.25, 0.3) is 6.08 Å². The lowest BCUT2D eigenvalue weighted by Crippen LogP contribution is -1.90. The minimum atomic E-state index is 1.17. The summed E-state index contributed by atoms with van der Waals surface area (Å²) in [5, 5.41) is 0. The quantitative estimate of drug-likeness (QED) is 0.665. The van der Waals surface area contributed by atoms with Crippen molar-refractivity contribution in [1.82, 2.24) is 0 Å². The highest BCUT2D eigenvalue weighted by molar-refractivity contribution is 5.60. The van der Waals surface area contributed by atoms with Crippen molar-refractivity contribution in [3.63, 3.8) is 0 Å². The van der Waals surface area contributed by atoms with Gasteiger partial charge in [-0.1, -0.05) is 48.6 Å². The number of allylic oxidation sites excluding steroid dienone is 5. The van der Waals surface area contributed by atoms with Crippen LogP contribution in [0.3, 0.4) is 0 Å². The first-order valence-electron chi connectivity index (χ1n) is 5.87. The van der Waals surface area contributed by atoms with E-state index in [-0.39, 0.29) is 0 Å². The van der Waals surface area contributed by atoms with Gasteiger partial charge in [0.1, 0.15) is 0 Å². The maximum Gasteiger partial charge on any atom is -0.0225 e. The average Bonchev–Trinajstić information content (AvgIpc) is 2.33. The smallest absolute Gasteiger partial charge is 0.0225 e. The highest BCUT2D eigenvalue weighted by Crippen LogP contribution is 2.22. The lowest BCUT2D eigenvalue weighted by Gasteiger charge is -2.10. The van der Waals surface area contributed by atoms with E-state index in [4.69, 9.17) is 0 Å². The third-order valence-corrected chi connectivity index (χ3v) is 3.08. The molecule has 0 nitrogen and oxygen atoms in total. The van der Waals surface area contributed by atoms with Gasteiger partial charge in [0.2, 0.25) is 0 Å². The number of hydrogen-bond donors (Lipinski definition) is 0. The average molecular weight is 210 g/mol. The summed E-state index contributed by atoms with van der Waals surface area (Å²) in [5.74, 6) is 0. The van der Waals surface area contributed by atoms with E-state index >= 15 is 0 Å². The van der Waals surface area contributed by atoms with E-state index in [2.05, 4.69) is 62.4 Å². The Kier molecular flexibility index (Phi) is 3.40. The van der Waals surface area contributed by atoms with Gasteiger partial charge in [0.05, 0.1) is 0 Å². The van der Waals surface area contributed by atoms with Crippen molar-refractivity contribution in [1.29, 1.82) is 0 Å². The first-order chi connectivity index (χ1) is 7.77. The van der Waals surface area contributed by atoms with Crippen molar-refractivity contribution in [2.75, 3.05) is 0 Å². The molecule has 0 aromatic heterocycles. The molecule has 82 valence electrons. The zero-order valence-electron chi connectivity index (χ0n) is 10.0. The molecule has 1 aromatic carbocycles. The Morgan fingerprint density at radius 1 is 1.25 bits per heavy atom. The standard InChI is InChI=1S/C16H18/c1-13-8-6-7-11-16(13)12-14(2)15-9-4-3-5-10-15/h3-4,6-9,11-12H,5,10H2,1-2H3/b14-12+. The van der Waals surface area contributed by atoms with Gasteiger partial charge in [-0.3, -0.25) is 0 Å². The van der Waals surface area contributed by atoms with Gasteiger partial charge in [-0.25, -0.2) is 0 Å². The fourth-order valence-electron chi connectivity index (χ4n) is 2.01. The fraction of sp³-hybridized carbons (Fsp3) is 0.250. The van der Waals surface area contributed by atoms with Gasteiger partial charge in [-0.05, 0) is 49.0 Å². The molecule has 0 fully saturated rings. The summed E-state index contributed by atoms with van der Waals surface area (Å²) in [5.41, 5.74) is 5.52. The van der Waals surface area contributed by atoms with E-state index in [0.717, 1.165) is 0 Å². The third kappa shape index (κ3) is 2.52. The van der Waals surface area contributed by atoms with Gasteiger partial charge in [-0.15, -0.1) is 0 Å². The first kappa shape index (κ1) is 10.9. The van der Waals surface area contributed by atoms with Gasteiger partial charge < -0.3 is 0 Å². The van der Waals surface area contributed by atoms with E-state index < -0.39 is 0 Å². The number of hydrogen-bond acceptors (Lipinski definition) is 0. The molecule has 0 aliphatic heterocycles. The second kappa shape index (κ2) is 4.98. The Labute approximate surface area is 98.0 Å². The third-order valence-electron chi connectivity index (χ3n) is 3.08. The van der Waals surface area contributed by atoms with Crippen LogP contribution in [0.2, 0.25) is 0 Å². The van der Waals surface area contributed by atoms with Gasteiger partial charge in [0, 0.05) is 0 Å². The summed E-state index contributed by atoms with van der Waals surface area (Å²) in [6.45, 7) is 4.37. The SMILES string of the molecule is C/C(=C\c1ccccc1C)C1=CC=CCC1. The van der Waals surface area contributed by atoms with E-state index in [9.17, 15) is 0 Å². The minimum absolute atomic E-state index is 1.17. The molecule has 0 spiro atoms. The molecule has 0 saturated heterocycles. The molecule has 0 heterocycles. The van der Waals surface area contributed by atoms with Crippen molar-refractivity contribution in [3.8, 4) is 0 Å². The molecule has 0 saturated carbocycles. The minimum Gasteiger partial charge on any atom is -0.0842 e. The summed E-state index contributed by atoms with van der Waals surface area (Å²) in [6, 6.07) is 8.53. The zero-order valence-corrected chi connectivity index (χ0v) is 10.0. The van der Waals surface area contributed by atoms with Crippen LogP contribution in [0, 0.1) is 6.92 Å². The second-order valence-electron chi connectivity index (χ2n) is 4.34. The molecular weight excluding hydrogens is 192 g/mol. The Balaban J connectivity index is 2.27. The second-order valence-corrected chi connectivity index (χ2v) is 4.34. The van der Waals surface area contributed by atoms with Gasteiger partial charge in [-0.2, -0.15) is 0 Å². The van der Waals surface area contributed by atoms with Crippen LogP contribution in [0.15, 0.2) is 53.6 Å². The largest absolute Gasteiger partial charge is 0.0842 e. The van der Waals surface area contributed by atoms with Gasteiger partial charge >= 0.3 is 0 Å². The normalized spacial score (nSPS) is 16.1. The van der Waals surface area contributed by atoms with E-state index in [1.54, 1.807) is 0 Å². The monoisotopic (exact) mass is 210 g/mol. The molecule has 1 aliphatic rings. The summed E-state index contributed by atoms with van der Waals surface area (Å²) >= 11 is 0. The van der Waals surface area contributed by atoms with Crippen molar-refractivity contribution < 1.29 is 0 Å². The van der Waals surface area contributed by atoms with Crippen LogP contribution in [-0.4, -0.2) is 0 Å². The molecular formula is C16H18. The first-order valence-corrected chi connectivity index (χ1v) is 5.87. The van der Waals surface area contributed by atoms with Crippen LogP contribution in [0.5, 0.6) is 0 Å². The van der Waals surface area contributed by atoms with Crippen LogP contribution < -0.4 is 0 Å². The molecule has 16 heavy (non-hydrogen) atoms. The maximum atomic E-state index is 2.29. The molecule has 0 heteroatoms. The highest BCUT2D eigenvalue weighted by atomic mass is 14.1. The number of benzene rings is 1. The molecule has 0 atom stereocenters. The lowest BCUT2D eigenvalue weighted by atomic mass is 9.96. The summed E-state index contributed by atoms with van der Waals surface area (Å²) in [4.78, 5) is 0. The topological polar surface area (TPSA) is 0 Å². The van der Waals surface area contributed by atoms with Crippen LogP contribution in [-0.2, 0) is 0 Å². The van der Waals surface area contributed by atoms with Crippen LogP contribution in [0.1, 0.15) is 30.9 Å². The predicted octanol–water partition coefficient (Wildman–Crippen LogP) is 4.67. The predicted molar refractivity (Wildman–Crippen MR) is 71.3 cm³/mol. The van der Waals surface area contributed by atoms with Crippen molar-refractivity contribution in [2.24, 2.45) is 0 Å². The van der Waals surface area contributed by atoms with E-state index in [1.165, 1.54) is 35.1 Å². The fourth-order valence-corrected chi connectivity index (χ4v) is 2.01. The van der Waals surface area contributed by atoms with Crippen LogP contribution >= 0.6 is 0 Å². The number of rotatable bonds is 2. The van der Waals surface area contributed by atoms with Crippen molar-refractivity contribution in [2.45, 2.75) is 26.7 Å². The van der Waals surface area contributed by atoms with Gasteiger partial charge in [0.25, 0.3) is 0 Å². The molecule has 0 bridgehead atoms. The summed E-state index contributed by atoms with van der Waals surface area (Å²) in [7, 11) is 0. The van der Waals surface area contributed by atoms with E-state index in [1.807, 2.05) is 0 Å². The Hall–Kier alpha value is -1.56. The molecule has 1 aliphatic carbocycles. The van der Waals surface area contributed by atoms with Crippen LogP contribution in [0.4, 0.5) is 0 Å². The highest BCUT2D eigenvalue weighted by Gasteiger charge is 2.02. The Morgan fingerprint density at radius 3 is 2.75 bits per heavy atom. The Bertz CT molecular complexity index is 459. The van der Waals surface area contributed by atoms with Crippen molar-refractivity contribution >= 4 is 6.08 Å². The van der Waals surface area contributed by atoms with E-state index in [0.29, 0.717) is 0 Å². The molecule has 0 N–H and O–H groups in total. The molecule has 1 aromatic rings. The lowest BCUT2D eigenvalue weighted by molar-refractivity contribution is 0.971. The number of aryl methyl sites for hydroxylation is 1. The maximum absolute atomic E-state index is 2.29. The Morgan fingerprint density at radius 2 is 2.06 bits per heavy atom. The molecule has 2 rings (SSSR count).